The Bertz CT molecular complexity index is 708. The highest BCUT2D eigenvalue weighted by atomic mass is 32.1. The van der Waals surface area contributed by atoms with Crippen LogP contribution in [-0.2, 0) is 6.54 Å². The summed E-state index contributed by atoms with van der Waals surface area (Å²) in [6.45, 7) is 0.473. The van der Waals surface area contributed by atoms with Crippen LogP contribution in [0.3, 0.4) is 0 Å². The highest BCUT2D eigenvalue weighted by molar-refractivity contribution is 7.21. The molecule has 0 fully saturated rings. The molecule has 0 aliphatic carbocycles. The van der Waals surface area contributed by atoms with Gasteiger partial charge in [-0.1, -0.05) is 18.2 Å². The van der Waals surface area contributed by atoms with Gasteiger partial charge in [-0.15, -0.1) is 11.3 Å². The fourth-order valence-corrected chi connectivity index (χ4v) is 3.07. The van der Waals surface area contributed by atoms with E-state index in [9.17, 15) is 9.90 Å². The van der Waals surface area contributed by atoms with Crippen LogP contribution in [0.25, 0.3) is 10.1 Å². The predicted molar refractivity (Wildman–Crippen MR) is 75.3 cm³/mol. The summed E-state index contributed by atoms with van der Waals surface area (Å²) in [5.41, 5.74) is 0.670. The molecule has 0 aliphatic rings. The van der Waals surface area contributed by atoms with E-state index in [2.05, 4.69) is 0 Å². The average molecular weight is 285 g/mol. The van der Waals surface area contributed by atoms with Gasteiger partial charge in [0.25, 0.3) is 0 Å². The van der Waals surface area contributed by atoms with Crippen LogP contribution in [0, 0.1) is 22.7 Å². The zero-order valence-electron chi connectivity index (χ0n) is 10.5. The first-order valence-corrected chi connectivity index (χ1v) is 6.69. The molecule has 1 heterocycles. The van der Waals surface area contributed by atoms with E-state index in [-0.39, 0.29) is 24.5 Å². The number of fused-ring (bicyclic) bond motifs is 1. The quantitative estimate of drug-likeness (QED) is 0.852. The normalized spacial score (nSPS) is 10.3. The summed E-state index contributed by atoms with van der Waals surface area (Å²) in [6, 6.07) is 11.4. The van der Waals surface area contributed by atoms with E-state index in [1.807, 2.05) is 36.4 Å². The molecule has 6 heteroatoms. The van der Waals surface area contributed by atoms with Crippen LogP contribution >= 0.6 is 11.3 Å². The summed E-state index contributed by atoms with van der Waals surface area (Å²) in [4.78, 5) is 13.2. The highest BCUT2D eigenvalue weighted by Gasteiger charge is 2.19. The van der Waals surface area contributed by atoms with Gasteiger partial charge in [-0.2, -0.15) is 10.5 Å². The Morgan fingerprint density at radius 2 is 1.90 bits per heavy atom. The number of nitriles is 2. The molecule has 2 aromatic rings. The average Bonchev–Trinajstić information content (AvgIpc) is 2.79. The number of hydrogen-bond donors (Lipinski definition) is 1. The van der Waals surface area contributed by atoms with Crippen LogP contribution in [-0.4, -0.2) is 29.1 Å². The smallest absolute Gasteiger partial charge is 0.346 e. The first-order chi connectivity index (χ1) is 9.67. The van der Waals surface area contributed by atoms with Crippen LogP contribution in [0.2, 0.25) is 0 Å². The molecule has 1 aromatic carbocycles. The summed E-state index contributed by atoms with van der Waals surface area (Å²) in [7, 11) is 0. The summed E-state index contributed by atoms with van der Waals surface area (Å²) in [5.74, 6) is -0.977. The Morgan fingerprint density at radius 1 is 1.25 bits per heavy atom. The number of rotatable bonds is 5. The Balaban J connectivity index is 2.46. The van der Waals surface area contributed by atoms with Crippen molar-refractivity contribution in [2.24, 2.45) is 0 Å². The molecule has 0 saturated heterocycles. The molecule has 1 N–H and O–H groups in total. The summed E-state index contributed by atoms with van der Waals surface area (Å²) in [5, 5.41) is 27.7. The molecule has 1 aromatic heterocycles. The standard InChI is InChI=1S/C14H11N3O2S/c15-5-7-17(8-6-16)9-11-10-3-1-2-4-12(10)20-13(11)14(18)19/h1-4H,7-9H2,(H,18,19). The van der Waals surface area contributed by atoms with E-state index in [4.69, 9.17) is 10.5 Å². The number of carboxylic acid groups (broad SMARTS) is 1. The highest BCUT2D eigenvalue weighted by Crippen LogP contribution is 2.32. The summed E-state index contributed by atoms with van der Waals surface area (Å²) in [6.07, 6.45) is 0. The van der Waals surface area contributed by atoms with Gasteiger partial charge in [0.15, 0.2) is 0 Å². The van der Waals surface area contributed by atoms with Gasteiger partial charge in [0.2, 0.25) is 0 Å². The Kier molecular flexibility index (Phi) is 4.31. The third kappa shape index (κ3) is 2.77. The molecule has 0 saturated carbocycles. The van der Waals surface area contributed by atoms with Gasteiger partial charge in [-0.05, 0) is 17.0 Å². The van der Waals surface area contributed by atoms with Gasteiger partial charge in [-0.3, -0.25) is 4.90 Å². The molecule has 100 valence electrons. The number of carbonyl (C=O) groups is 1. The van der Waals surface area contributed by atoms with Crippen molar-refractivity contribution >= 4 is 27.4 Å². The maximum Gasteiger partial charge on any atom is 0.346 e. The lowest BCUT2D eigenvalue weighted by atomic mass is 10.1. The number of hydrogen-bond acceptors (Lipinski definition) is 5. The summed E-state index contributed by atoms with van der Waals surface area (Å²) >= 11 is 1.22. The molecule has 5 nitrogen and oxygen atoms in total. The van der Waals surface area contributed by atoms with Crippen LogP contribution in [0.15, 0.2) is 24.3 Å². The number of benzene rings is 1. The second-order valence-corrected chi connectivity index (χ2v) is 5.22. The van der Waals surface area contributed by atoms with Crippen molar-refractivity contribution < 1.29 is 9.90 Å². The van der Waals surface area contributed by atoms with E-state index in [1.54, 1.807) is 4.90 Å². The van der Waals surface area contributed by atoms with Crippen molar-refractivity contribution in [2.75, 3.05) is 13.1 Å². The van der Waals surface area contributed by atoms with Crippen LogP contribution < -0.4 is 0 Å². The van der Waals surface area contributed by atoms with Crippen molar-refractivity contribution in [2.45, 2.75) is 6.54 Å². The van der Waals surface area contributed by atoms with Crippen LogP contribution in [0.1, 0.15) is 15.2 Å². The lowest BCUT2D eigenvalue weighted by Gasteiger charge is -2.15. The number of nitrogens with zero attached hydrogens (tertiary/aromatic N) is 3. The molecule has 0 radical (unpaired) electrons. The lowest BCUT2D eigenvalue weighted by Crippen LogP contribution is -2.24. The van der Waals surface area contributed by atoms with Gasteiger partial charge in [-0.25, -0.2) is 4.79 Å². The van der Waals surface area contributed by atoms with E-state index >= 15 is 0 Å². The van der Waals surface area contributed by atoms with Gasteiger partial charge < -0.3 is 5.11 Å². The van der Waals surface area contributed by atoms with E-state index in [0.29, 0.717) is 5.56 Å². The lowest BCUT2D eigenvalue weighted by molar-refractivity contribution is 0.0700. The first kappa shape index (κ1) is 14.0. The van der Waals surface area contributed by atoms with Gasteiger partial charge in [0.1, 0.15) is 4.88 Å². The van der Waals surface area contributed by atoms with Gasteiger partial charge >= 0.3 is 5.97 Å². The van der Waals surface area contributed by atoms with Crippen molar-refractivity contribution in [1.29, 1.82) is 10.5 Å². The molecule has 0 amide bonds. The van der Waals surface area contributed by atoms with Crippen molar-refractivity contribution in [3.8, 4) is 12.1 Å². The third-order valence-electron chi connectivity index (χ3n) is 2.86. The Labute approximate surface area is 119 Å². The zero-order valence-corrected chi connectivity index (χ0v) is 11.4. The molecule has 0 spiro atoms. The second-order valence-electron chi connectivity index (χ2n) is 4.17. The molecule has 0 unspecified atom stereocenters. The Morgan fingerprint density at radius 3 is 2.50 bits per heavy atom. The zero-order chi connectivity index (χ0) is 14.5. The van der Waals surface area contributed by atoms with E-state index < -0.39 is 5.97 Å². The molecular formula is C14H11N3O2S. The number of carboxylic acids is 1. The SMILES string of the molecule is N#CCN(CC#N)Cc1c(C(=O)O)sc2ccccc12. The molecule has 2 rings (SSSR count). The van der Waals surface area contributed by atoms with Gasteiger partial charge in [0.05, 0.1) is 25.2 Å². The molecular weight excluding hydrogens is 274 g/mol. The third-order valence-corrected chi connectivity index (χ3v) is 4.06. The van der Waals surface area contributed by atoms with Crippen molar-refractivity contribution in [3.63, 3.8) is 0 Å². The molecule has 0 aliphatic heterocycles. The fourth-order valence-electron chi connectivity index (χ4n) is 2.02. The van der Waals surface area contributed by atoms with Gasteiger partial charge in [0, 0.05) is 11.2 Å². The topological polar surface area (TPSA) is 88.1 Å². The minimum absolute atomic E-state index is 0.0940. The van der Waals surface area contributed by atoms with E-state index in [1.165, 1.54) is 11.3 Å². The van der Waals surface area contributed by atoms with Crippen LogP contribution in [0.4, 0.5) is 0 Å². The molecule has 0 bridgehead atoms. The van der Waals surface area contributed by atoms with E-state index in [0.717, 1.165) is 10.1 Å². The maximum absolute atomic E-state index is 11.4. The largest absolute Gasteiger partial charge is 0.477 e. The Hall–Kier alpha value is -2.41. The van der Waals surface area contributed by atoms with Crippen molar-refractivity contribution in [1.82, 2.24) is 4.90 Å². The first-order valence-electron chi connectivity index (χ1n) is 5.87. The number of aromatic carboxylic acids is 1. The second kappa shape index (κ2) is 6.16. The number of thiophene rings is 1. The fraction of sp³-hybridized carbons (Fsp3) is 0.214. The maximum atomic E-state index is 11.4. The van der Waals surface area contributed by atoms with Crippen LogP contribution in [0.5, 0.6) is 0 Å². The predicted octanol–water partition coefficient (Wildman–Crippen LogP) is 2.45. The monoisotopic (exact) mass is 285 g/mol. The minimum Gasteiger partial charge on any atom is -0.477 e. The molecule has 0 atom stereocenters. The summed E-state index contributed by atoms with van der Waals surface area (Å²) < 4.78 is 0.897. The van der Waals surface area contributed by atoms with Crippen molar-refractivity contribution in [3.05, 3.63) is 34.7 Å². The molecule has 20 heavy (non-hydrogen) atoms. The minimum atomic E-state index is -0.977.